The van der Waals surface area contributed by atoms with Gasteiger partial charge in [0.15, 0.2) is 0 Å². The fourth-order valence-corrected chi connectivity index (χ4v) is 1.98. The summed E-state index contributed by atoms with van der Waals surface area (Å²) in [5, 5.41) is 13.1. The topological polar surface area (TPSA) is 90.7 Å². The van der Waals surface area contributed by atoms with Gasteiger partial charge in [0.05, 0.1) is 17.2 Å². The van der Waals surface area contributed by atoms with Crippen LogP contribution in [0.25, 0.3) is 0 Å². The van der Waals surface area contributed by atoms with Gasteiger partial charge < -0.3 is 14.8 Å². The van der Waals surface area contributed by atoms with Crippen LogP contribution in [0.4, 0.5) is 15.8 Å². The van der Waals surface area contributed by atoms with Crippen LogP contribution in [0.3, 0.4) is 0 Å². The first kappa shape index (κ1) is 18.3. The van der Waals surface area contributed by atoms with Crippen molar-refractivity contribution in [1.29, 1.82) is 0 Å². The summed E-state index contributed by atoms with van der Waals surface area (Å²) in [7, 11) is 0. The Bertz CT molecular complexity index is 749. The Morgan fingerprint density at radius 3 is 2.56 bits per heavy atom. The minimum atomic E-state index is -0.755. The molecule has 0 aliphatic rings. The molecule has 0 atom stereocenters. The number of non-ortho nitro benzene ring substituents is 1. The third kappa shape index (κ3) is 5.25. The molecule has 0 fully saturated rings. The molecule has 8 heteroatoms. The van der Waals surface area contributed by atoms with Crippen LogP contribution in [0, 0.1) is 15.9 Å². The van der Waals surface area contributed by atoms with Crippen LogP contribution < -0.4 is 10.1 Å². The van der Waals surface area contributed by atoms with E-state index in [1.807, 2.05) is 6.92 Å². The van der Waals surface area contributed by atoms with E-state index in [2.05, 4.69) is 5.32 Å². The number of benzene rings is 2. The van der Waals surface area contributed by atoms with E-state index in [1.165, 1.54) is 12.1 Å². The molecule has 7 nitrogen and oxygen atoms in total. The zero-order valence-electron chi connectivity index (χ0n) is 13.5. The van der Waals surface area contributed by atoms with Crippen LogP contribution in [-0.4, -0.2) is 30.7 Å². The predicted molar refractivity (Wildman–Crippen MR) is 89.4 cm³/mol. The molecule has 0 radical (unpaired) electrons. The van der Waals surface area contributed by atoms with Crippen molar-refractivity contribution in [2.45, 2.75) is 6.92 Å². The number of amides is 1. The quantitative estimate of drug-likeness (QED) is 0.448. The van der Waals surface area contributed by atoms with E-state index >= 15 is 0 Å². The molecule has 25 heavy (non-hydrogen) atoms. The van der Waals surface area contributed by atoms with Gasteiger partial charge in [0.2, 0.25) is 0 Å². The zero-order chi connectivity index (χ0) is 18.2. The summed E-state index contributed by atoms with van der Waals surface area (Å²) in [6.45, 7) is 3.34. The highest BCUT2D eigenvalue weighted by Crippen LogP contribution is 2.22. The molecule has 0 aliphatic heterocycles. The molecule has 0 aromatic heterocycles. The van der Waals surface area contributed by atoms with Crippen molar-refractivity contribution in [3.05, 3.63) is 64.0 Å². The second-order valence-corrected chi connectivity index (χ2v) is 4.95. The molecule has 0 saturated carbocycles. The van der Waals surface area contributed by atoms with Gasteiger partial charge in [0.25, 0.3) is 11.6 Å². The molecule has 0 spiro atoms. The summed E-state index contributed by atoms with van der Waals surface area (Å²) in [6, 6.07) is 9.16. The second kappa shape index (κ2) is 8.74. The highest BCUT2D eigenvalue weighted by molar-refractivity contribution is 6.04. The lowest BCUT2D eigenvalue weighted by Crippen LogP contribution is -2.13. The number of ether oxygens (including phenoxy) is 2. The number of hydrogen-bond donors (Lipinski definition) is 1. The van der Waals surface area contributed by atoms with E-state index in [0.717, 1.165) is 18.2 Å². The smallest absolute Gasteiger partial charge is 0.271 e. The van der Waals surface area contributed by atoms with Crippen LogP contribution in [0.15, 0.2) is 42.5 Å². The van der Waals surface area contributed by atoms with Crippen molar-refractivity contribution >= 4 is 17.3 Å². The maximum Gasteiger partial charge on any atom is 0.271 e. The van der Waals surface area contributed by atoms with E-state index in [1.54, 1.807) is 12.1 Å². The fraction of sp³-hybridized carbons (Fsp3) is 0.235. The average molecular weight is 348 g/mol. The average Bonchev–Trinajstić information content (AvgIpc) is 2.61. The largest absolute Gasteiger partial charge is 0.491 e. The van der Waals surface area contributed by atoms with Gasteiger partial charge in [-0.3, -0.25) is 14.9 Å². The highest BCUT2D eigenvalue weighted by atomic mass is 19.1. The molecule has 0 aliphatic carbocycles. The molecule has 0 heterocycles. The minimum absolute atomic E-state index is 0.253. The number of nitrogens with zero attached hydrogens (tertiary/aromatic N) is 1. The molecule has 2 aromatic carbocycles. The monoisotopic (exact) mass is 348 g/mol. The molecular weight excluding hydrogens is 331 g/mol. The minimum Gasteiger partial charge on any atom is -0.491 e. The lowest BCUT2D eigenvalue weighted by Gasteiger charge is -2.08. The van der Waals surface area contributed by atoms with E-state index < -0.39 is 16.6 Å². The Kier molecular flexibility index (Phi) is 6.41. The van der Waals surface area contributed by atoms with Gasteiger partial charge in [0, 0.05) is 24.3 Å². The van der Waals surface area contributed by atoms with Gasteiger partial charge in [0.1, 0.15) is 18.2 Å². The van der Waals surface area contributed by atoms with E-state index in [0.29, 0.717) is 25.6 Å². The summed E-state index contributed by atoms with van der Waals surface area (Å²) >= 11 is 0. The summed E-state index contributed by atoms with van der Waals surface area (Å²) in [6.07, 6.45) is 0. The highest BCUT2D eigenvalue weighted by Gasteiger charge is 2.14. The van der Waals surface area contributed by atoms with Gasteiger partial charge in [-0.25, -0.2) is 4.39 Å². The number of hydrogen-bond acceptors (Lipinski definition) is 5. The van der Waals surface area contributed by atoms with Gasteiger partial charge in [-0.2, -0.15) is 0 Å². The van der Waals surface area contributed by atoms with Crippen LogP contribution in [-0.2, 0) is 4.74 Å². The third-order valence-corrected chi connectivity index (χ3v) is 3.23. The van der Waals surface area contributed by atoms with Crippen LogP contribution >= 0.6 is 0 Å². The number of halogens is 1. The summed E-state index contributed by atoms with van der Waals surface area (Å²) in [4.78, 5) is 22.2. The Morgan fingerprint density at radius 2 is 1.92 bits per heavy atom. The number of rotatable bonds is 8. The maximum absolute atomic E-state index is 13.7. The number of nitrogens with one attached hydrogen (secondary N) is 1. The molecule has 0 saturated heterocycles. The number of nitro groups is 1. The zero-order valence-corrected chi connectivity index (χ0v) is 13.5. The first-order valence-corrected chi connectivity index (χ1v) is 7.57. The molecule has 1 N–H and O–H groups in total. The third-order valence-electron chi connectivity index (χ3n) is 3.23. The van der Waals surface area contributed by atoms with Gasteiger partial charge >= 0.3 is 0 Å². The predicted octanol–water partition coefficient (Wildman–Crippen LogP) is 3.40. The van der Waals surface area contributed by atoms with E-state index in [4.69, 9.17) is 9.47 Å². The number of carbonyl (C=O) groups excluding carboxylic acids is 1. The molecule has 2 aromatic rings. The van der Waals surface area contributed by atoms with E-state index in [9.17, 15) is 19.3 Å². The van der Waals surface area contributed by atoms with E-state index in [-0.39, 0.29) is 16.9 Å². The Hall–Kier alpha value is -3.00. The van der Waals surface area contributed by atoms with Crippen molar-refractivity contribution in [3.8, 4) is 5.75 Å². The lowest BCUT2D eigenvalue weighted by molar-refractivity contribution is -0.384. The Labute approximate surface area is 143 Å². The van der Waals surface area contributed by atoms with Crippen LogP contribution in [0.1, 0.15) is 17.3 Å². The summed E-state index contributed by atoms with van der Waals surface area (Å²) in [5.74, 6) is -0.770. The van der Waals surface area contributed by atoms with Gasteiger partial charge in [-0.05, 0) is 37.3 Å². The molecular formula is C17H17FN2O5. The van der Waals surface area contributed by atoms with Gasteiger partial charge in [-0.1, -0.05) is 0 Å². The molecule has 132 valence electrons. The van der Waals surface area contributed by atoms with Crippen LogP contribution in [0.5, 0.6) is 5.75 Å². The molecule has 0 unspecified atom stereocenters. The fourth-order valence-electron chi connectivity index (χ4n) is 1.98. The van der Waals surface area contributed by atoms with Crippen molar-refractivity contribution in [3.63, 3.8) is 0 Å². The number of anilines is 1. The first-order valence-electron chi connectivity index (χ1n) is 7.57. The lowest BCUT2D eigenvalue weighted by atomic mass is 10.2. The Balaban J connectivity index is 2.01. The Morgan fingerprint density at radius 1 is 1.20 bits per heavy atom. The van der Waals surface area contributed by atoms with Crippen LogP contribution in [0.2, 0.25) is 0 Å². The second-order valence-electron chi connectivity index (χ2n) is 4.95. The summed E-state index contributed by atoms with van der Waals surface area (Å²) < 4.78 is 24.3. The van der Waals surface area contributed by atoms with Crippen molar-refractivity contribution in [2.75, 3.05) is 25.1 Å². The molecule has 0 bridgehead atoms. The standard InChI is InChI=1S/C17H17FN2O5/c1-2-24-9-10-25-14-6-3-12(4-7-14)17(21)19-16-11-13(20(22)23)5-8-15(16)18/h3-8,11H,2,9-10H2,1H3,(H,19,21). The molecule has 2 rings (SSSR count). The normalized spacial score (nSPS) is 10.3. The molecule has 1 amide bonds. The number of nitro benzene ring substituents is 1. The van der Waals surface area contributed by atoms with Crippen molar-refractivity contribution in [1.82, 2.24) is 0 Å². The van der Waals surface area contributed by atoms with Crippen molar-refractivity contribution < 1.29 is 23.6 Å². The maximum atomic E-state index is 13.7. The SMILES string of the molecule is CCOCCOc1ccc(C(=O)Nc2cc([N+](=O)[O-])ccc2F)cc1. The summed E-state index contributed by atoms with van der Waals surface area (Å²) in [5.41, 5.74) is -0.297. The number of carbonyl (C=O) groups is 1. The first-order chi connectivity index (χ1) is 12.0. The van der Waals surface area contributed by atoms with Crippen molar-refractivity contribution in [2.24, 2.45) is 0 Å². The van der Waals surface area contributed by atoms with Gasteiger partial charge in [-0.15, -0.1) is 0 Å².